The van der Waals surface area contributed by atoms with Gasteiger partial charge in [0.2, 0.25) is 5.91 Å². The smallest absolute Gasteiger partial charge is 0.220 e. The molecule has 0 saturated heterocycles. The van der Waals surface area contributed by atoms with E-state index in [0.717, 1.165) is 11.4 Å². The lowest BCUT2D eigenvalue weighted by atomic mass is 10.0. The number of halogens is 1. The summed E-state index contributed by atoms with van der Waals surface area (Å²) < 4.78 is 5.15. The average molecular weight is 446 g/mol. The van der Waals surface area contributed by atoms with E-state index < -0.39 is 0 Å². The Morgan fingerprint density at radius 2 is 2.12 bits per heavy atom. The minimum atomic E-state index is 0. The molecule has 1 aliphatic rings. The molecule has 0 unspecified atom stereocenters. The van der Waals surface area contributed by atoms with E-state index in [-0.39, 0.29) is 29.9 Å². The second kappa shape index (κ2) is 11.1. The molecule has 0 heterocycles. The lowest BCUT2D eigenvalue weighted by Gasteiger charge is -2.09. The normalized spacial score (nSPS) is 14.8. The monoisotopic (exact) mass is 446 g/mol. The van der Waals surface area contributed by atoms with Gasteiger partial charge >= 0.3 is 0 Å². The molecule has 0 bridgehead atoms. The van der Waals surface area contributed by atoms with Crippen LogP contribution in [-0.2, 0) is 4.79 Å². The number of amides is 1. The minimum absolute atomic E-state index is 0. The molecule has 1 aromatic carbocycles. The third-order valence-corrected chi connectivity index (χ3v) is 4.01. The molecule has 0 spiro atoms. The maximum Gasteiger partial charge on any atom is 0.220 e. The Morgan fingerprint density at radius 3 is 2.83 bits per heavy atom. The van der Waals surface area contributed by atoms with Crippen LogP contribution in [0.25, 0.3) is 0 Å². The molecule has 0 radical (unpaired) electrons. The molecule has 24 heavy (non-hydrogen) atoms. The van der Waals surface area contributed by atoms with E-state index in [4.69, 9.17) is 10.5 Å². The maximum atomic E-state index is 11.8. The highest BCUT2D eigenvalue weighted by molar-refractivity contribution is 14.0. The van der Waals surface area contributed by atoms with Crippen LogP contribution in [0.15, 0.2) is 29.3 Å². The van der Waals surface area contributed by atoms with Gasteiger partial charge in [-0.2, -0.15) is 0 Å². The van der Waals surface area contributed by atoms with Crippen LogP contribution in [0.2, 0.25) is 0 Å². The number of nitrogens with one attached hydrogen (secondary N) is 2. The van der Waals surface area contributed by atoms with E-state index >= 15 is 0 Å². The lowest BCUT2D eigenvalue weighted by Crippen LogP contribution is -2.29. The van der Waals surface area contributed by atoms with Gasteiger partial charge in [-0.05, 0) is 30.9 Å². The summed E-state index contributed by atoms with van der Waals surface area (Å²) >= 11 is 0. The number of nitrogens with two attached hydrogens (primary N) is 1. The van der Waals surface area contributed by atoms with Gasteiger partial charge in [0.05, 0.1) is 13.7 Å². The van der Waals surface area contributed by atoms with Gasteiger partial charge in [0, 0.05) is 24.7 Å². The predicted octanol–water partition coefficient (Wildman–Crippen LogP) is 2.74. The highest BCUT2D eigenvalue weighted by atomic mass is 127. The zero-order valence-corrected chi connectivity index (χ0v) is 16.4. The molecule has 0 aromatic heterocycles. The Balaban J connectivity index is 0.00000288. The van der Waals surface area contributed by atoms with Crippen LogP contribution >= 0.6 is 24.0 Å². The Bertz CT molecular complexity index is 545. The molecule has 1 saturated carbocycles. The largest absolute Gasteiger partial charge is 0.497 e. The summed E-state index contributed by atoms with van der Waals surface area (Å²) in [5, 5.41) is 5.90. The van der Waals surface area contributed by atoms with E-state index in [1.54, 1.807) is 7.11 Å². The zero-order chi connectivity index (χ0) is 16.5. The molecular weight excluding hydrogens is 419 g/mol. The topological polar surface area (TPSA) is 88.7 Å². The molecule has 1 fully saturated rings. The second-order valence-electron chi connectivity index (χ2n) is 5.83. The summed E-state index contributed by atoms with van der Waals surface area (Å²) in [6.45, 7) is 0.964. The quantitative estimate of drug-likeness (QED) is 0.260. The van der Waals surface area contributed by atoms with Crippen LogP contribution in [0.5, 0.6) is 5.75 Å². The second-order valence-corrected chi connectivity index (χ2v) is 5.83. The molecule has 1 amide bonds. The molecule has 1 aromatic rings. The third-order valence-electron chi connectivity index (χ3n) is 4.01. The van der Waals surface area contributed by atoms with Gasteiger partial charge in [0.15, 0.2) is 5.96 Å². The first-order valence-corrected chi connectivity index (χ1v) is 8.15. The van der Waals surface area contributed by atoms with Gasteiger partial charge in [-0.25, -0.2) is 0 Å². The number of nitrogens with zero attached hydrogens (tertiary/aromatic N) is 1. The molecule has 134 valence electrons. The number of guanidine groups is 1. The van der Waals surface area contributed by atoms with Crippen LogP contribution < -0.4 is 21.1 Å². The summed E-state index contributed by atoms with van der Waals surface area (Å²) in [6.07, 6.45) is 5.52. The van der Waals surface area contributed by atoms with Crippen LogP contribution in [-0.4, -0.2) is 32.1 Å². The maximum absolute atomic E-state index is 11.8. The number of ether oxygens (including phenoxy) is 1. The van der Waals surface area contributed by atoms with Crippen molar-refractivity contribution in [3.8, 4) is 5.75 Å². The van der Waals surface area contributed by atoms with Crippen molar-refractivity contribution in [2.75, 3.05) is 25.5 Å². The summed E-state index contributed by atoms with van der Waals surface area (Å²) in [4.78, 5) is 16.0. The molecule has 0 aliphatic heterocycles. The molecular formula is C17H27IN4O2. The number of carbonyl (C=O) groups excluding carboxylic acids is 1. The van der Waals surface area contributed by atoms with E-state index in [1.807, 2.05) is 24.3 Å². The summed E-state index contributed by atoms with van der Waals surface area (Å²) in [6, 6.07) is 7.45. The number of hydrogen-bond donors (Lipinski definition) is 3. The number of methoxy groups -OCH3 is 1. The van der Waals surface area contributed by atoms with Crippen molar-refractivity contribution in [1.82, 2.24) is 5.32 Å². The minimum Gasteiger partial charge on any atom is -0.497 e. The fraction of sp³-hybridized carbons (Fsp3) is 0.529. The van der Waals surface area contributed by atoms with Gasteiger partial charge in [-0.3, -0.25) is 9.79 Å². The number of hydrogen-bond acceptors (Lipinski definition) is 3. The first kappa shape index (κ1) is 20.5. The summed E-state index contributed by atoms with van der Waals surface area (Å²) in [5.74, 6) is 1.76. The Morgan fingerprint density at radius 1 is 1.38 bits per heavy atom. The van der Waals surface area contributed by atoms with Gasteiger partial charge < -0.3 is 21.1 Å². The Kier molecular flexibility index (Phi) is 9.51. The number of aliphatic imine (C=N–C) groups is 1. The molecule has 1 aliphatic carbocycles. The van der Waals surface area contributed by atoms with Crippen LogP contribution in [0.4, 0.5) is 5.69 Å². The van der Waals surface area contributed by atoms with Gasteiger partial charge in [0.25, 0.3) is 0 Å². The average Bonchev–Trinajstić information content (AvgIpc) is 3.04. The molecule has 0 atom stereocenters. The van der Waals surface area contributed by atoms with Gasteiger partial charge in [-0.1, -0.05) is 18.9 Å². The van der Waals surface area contributed by atoms with Crippen molar-refractivity contribution >= 4 is 41.5 Å². The van der Waals surface area contributed by atoms with Crippen molar-refractivity contribution in [3.05, 3.63) is 24.3 Å². The van der Waals surface area contributed by atoms with Gasteiger partial charge in [-0.15, -0.1) is 24.0 Å². The van der Waals surface area contributed by atoms with E-state index in [9.17, 15) is 4.79 Å². The number of anilines is 1. The van der Waals surface area contributed by atoms with E-state index in [0.29, 0.717) is 31.4 Å². The van der Waals surface area contributed by atoms with E-state index in [1.165, 1.54) is 25.7 Å². The first-order valence-electron chi connectivity index (χ1n) is 8.15. The standard InChI is InChI=1S/C17H26N4O2.HI/c1-23-15-8-4-7-14(12-15)21-17(18)20-10-9-19-16(22)11-13-5-2-3-6-13;/h4,7-8,12-13H,2-3,5-6,9-11H2,1H3,(H,19,22)(H3,18,20,21);1H. The molecule has 7 heteroatoms. The fourth-order valence-electron chi connectivity index (χ4n) is 2.81. The number of benzene rings is 1. The Hall–Kier alpha value is -1.51. The van der Waals surface area contributed by atoms with Crippen molar-refractivity contribution < 1.29 is 9.53 Å². The number of carbonyl (C=O) groups is 1. The lowest BCUT2D eigenvalue weighted by molar-refractivity contribution is -0.121. The summed E-state index contributed by atoms with van der Waals surface area (Å²) in [7, 11) is 1.62. The number of rotatable bonds is 7. The molecule has 2 rings (SSSR count). The Labute approximate surface area is 160 Å². The van der Waals surface area contributed by atoms with Crippen molar-refractivity contribution in [2.45, 2.75) is 32.1 Å². The highest BCUT2D eigenvalue weighted by Crippen LogP contribution is 2.27. The third kappa shape index (κ3) is 7.37. The van der Waals surface area contributed by atoms with Crippen molar-refractivity contribution in [2.24, 2.45) is 16.6 Å². The predicted molar refractivity (Wildman–Crippen MR) is 108 cm³/mol. The zero-order valence-electron chi connectivity index (χ0n) is 14.1. The summed E-state index contributed by atoms with van der Waals surface area (Å²) in [5.41, 5.74) is 6.65. The first-order chi connectivity index (χ1) is 11.2. The van der Waals surface area contributed by atoms with Crippen molar-refractivity contribution in [1.29, 1.82) is 0 Å². The van der Waals surface area contributed by atoms with E-state index in [2.05, 4.69) is 15.6 Å². The highest BCUT2D eigenvalue weighted by Gasteiger charge is 2.17. The van der Waals surface area contributed by atoms with Crippen molar-refractivity contribution in [3.63, 3.8) is 0 Å². The van der Waals surface area contributed by atoms with Crippen LogP contribution in [0.1, 0.15) is 32.1 Å². The molecule has 6 nitrogen and oxygen atoms in total. The fourth-order valence-corrected chi connectivity index (χ4v) is 2.81. The van der Waals surface area contributed by atoms with Crippen LogP contribution in [0, 0.1) is 5.92 Å². The van der Waals surface area contributed by atoms with Crippen LogP contribution in [0.3, 0.4) is 0 Å². The molecule has 4 N–H and O–H groups in total. The SMILES string of the molecule is COc1cccc(NC(N)=NCCNC(=O)CC2CCCC2)c1.I. The van der Waals surface area contributed by atoms with Gasteiger partial charge in [0.1, 0.15) is 5.75 Å².